The molecule has 1 aliphatic carbocycles. The van der Waals surface area contributed by atoms with Crippen LogP contribution in [0.3, 0.4) is 0 Å². The van der Waals surface area contributed by atoms with Crippen molar-refractivity contribution in [2.75, 3.05) is 5.73 Å². The third kappa shape index (κ3) is 4.52. The first-order valence-electron chi connectivity index (χ1n) is 13.5. The van der Waals surface area contributed by atoms with E-state index in [9.17, 15) is 4.79 Å². The lowest BCUT2D eigenvalue weighted by Crippen LogP contribution is -2.11. The highest BCUT2D eigenvalue weighted by atomic mass is 16.1. The van der Waals surface area contributed by atoms with Crippen molar-refractivity contribution in [1.82, 2.24) is 38.7 Å². The Morgan fingerprint density at radius 2 is 1.76 bits per heavy atom. The maximum atomic E-state index is 10.8. The number of nitrogens with two attached hydrogens (primary N) is 2. The molecule has 7 aromatic rings. The smallest absolute Gasteiger partial charge is 0.250 e. The number of anilines is 1. The maximum absolute atomic E-state index is 10.8. The summed E-state index contributed by atoms with van der Waals surface area (Å²) >= 11 is 0. The highest BCUT2D eigenvalue weighted by Gasteiger charge is 2.20. The molecule has 0 saturated carbocycles. The number of hydrogen-bond acceptors (Lipinski definition) is 7. The van der Waals surface area contributed by atoms with Crippen LogP contribution in [0.15, 0.2) is 97.8 Å². The van der Waals surface area contributed by atoms with Gasteiger partial charge in [-0.1, -0.05) is 6.07 Å². The van der Waals surface area contributed by atoms with E-state index in [1.54, 1.807) is 52.2 Å². The number of aromatic nitrogens is 8. The largest absolute Gasteiger partial charge is 0.383 e. The predicted octanol–water partition coefficient (Wildman–Crippen LogP) is 4.17. The van der Waals surface area contributed by atoms with Crippen molar-refractivity contribution in [1.29, 1.82) is 0 Å². The molecule has 11 nitrogen and oxygen atoms in total. The van der Waals surface area contributed by atoms with Crippen molar-refractivity contribution in [3.63, 3.8) is 0 Å². The summed E-state index contributed by atoms with van der Waals surface area (Å²) in [5, 5.41) is 4.32. The highest BCUT2D eigenvalue weighted by Crippen LogP contribution is 2.32. The minimum Gasteiger partial charge on any atom is -0.383 e. The number of amides is 1. The van der Waals surface area contributed by atoms with Crippen LogP contribution in [0.4, 0.5) is 5.82 Å². The van der Waals surface area contributed by atoms with Crippen molar-refractivity contribution in [2.24, 2.45) is 5.73 Å². The van der Waals surface area contributed by atoms with Crippen LogP contribution in [0.25, 0.3) is 39.7 Å². The first-order chi connectivity index (χ1) is 20.5. The number of nitrogens with zero attached hydrogens (tertiary/aromatic N) is 8. The molecule has 1 aliphatic rings. The van der Waals surface area contributed by atoms with Crippen molar-refractivity contribution in [3.8, 4) is 22.9 Å². The Morgan fingerprint density at radius 1 is 0.857 bits per heavy atom. The van der Waals surface area contributed by atoms with E-state index in [0.29, 0.717) is 11.4 Å². The molecule has 1 aromatic carbocycles. The topological polar surface area (TPSA) is 148 Å². The van der Waals surface area contributed by atoms with E-state index in [-0.39, 0.29) is 0 Å². The van der Waals surface area contributed by atoms with Gasteiger partial charge in [-0.3, -0.25) is 9.36 Å². The number of aryl methyl sites for hydroxylation is 2. The Morgan fingerprint density at radius 3 is 2.60 bits per heavy atom. The third-order valence-corrected chi connectivity index (χ3v) is 7.32. The second-order valence-electron chi connectivity index (χ2n) is 9.95. The monoisotopic (exact) mass is 554 g/mol. The molecule has 6 aromatic heterocycles. The molecule has 0 aliphatic heterocycles. The first-order valence-corrected chi connectivity index (χ1v) is 13.5. The van der Waals surface area contributed by atoms with Gasteiger partial charge in [0, 0.05) is 42.9 Å². The van der Waals surface area contributed by atoms with Gasteiger partial charge >= 0.3 is 0 Å². The summed E-state index contributed by atoms with van der Waals surface area (Å²) in [6.45, 7) is 0. The fraction of sp³-hybridized carbons (Fsp3) is 0.0968. The zero-order valence-electron chi connectivity index (χ0n) is 22.5. The second-order valence-corrected chi connectivity index (χ2v) is 9.95. The summed E-state index contributed by atoms with van der Waals surface area (Å²) in [5.74, 6) is 1.49. The summed E-state index contributed by atoms with van der Waals surface area (Å²) in [5.41, 5.74) is 18.8. The zero-order valence-corrected chi connectivity index (χ0v) is 22.5. The lowest BCUT2D eigenvalue weighted by Gasteiger charge is -2.12. The molecule has 4 N–H and O–H groups in total. The summed E-state index contributed by atoms with van der Waals surface area (Å²) in [7, 11) is 0. The van der Waals surface area contributed by atoms with Gasteiger partial charge in [-0.15, -0.1) is 0 Å². The number of carbonyl (C=O) groups excluding carboxylic acids is 1. The molecule has 8 rings (SSSR count). The third-order valence-electron chi connectivity index (χ3n) is 7.32. The molecule has 206 valence electrons. The number of rotatable bonds is 4. The number of pyridine rings is 3. The van der Waals surface area contributed by atoms with Gasteiger partial charge in [0.1, 0.15) is 17.0 Å². The van der Waals surface area contributed by atoms with Crippen LogP contribution >= 0.6 is 0 Å². The van der Waals surface area contributed by atoms with Gasteiger partial charge in [0.05, 0.1) is 11.1 Å². The number of benzene rings is 1. The highest BCUT2D eigenvalue weighted by molar-refractivity contribution is 5.92. The van der Waals surface area contributed by atoms with Crippen LogP contribution in [-0.2, 0) is 12.8 Å². The molecular weight excluding hydrogens is 528 g/mol. The standard InChI is InChI=1S/C23H19N7.C8H7N3O/c24-21-18(6-2-11-25-21)22-27-19-9-10-20(29-13-3-12-26-29)28-23(19)30(22)17-8-7-15-4-1-5-16(15)14-17;9-8(12)6-1-2-7-10-3-4-11(7)5-6/h2-3,6-14H,1,4-5H2,(H2,24,25);1-5H,(H2,9,12). The molecule has 0 atom stereocenters. The SMILES string of the molecule is NC(=O)c1ccc2nccn2c1.Nc1ncccc1-c1nc2ccc(-n3cccn3)nc2n1-c1ccc2c(c1)CCC2. The molecule has 42 heavy (non-hydrogen) atoms. The van der Waals surface area contributed by atoms with Gasteiger partial charge in [0.25, 0.3) is 0 Å². The molecule has 0 saturated heterocycles. The molecule has 0 radical (unpaired) electrons. The van der Waals surface area contributed by atoms with E-state index in [0.717, 1.165) is 52.5 Å². The first kappa shape index (κ1) is 25.1. The van der Waals surface area contributed by atoms with Gasteiger partial charge in [-0.2, -0.15) is 5.10 Å². The lowest BCUT2D eigenvalue weighted by molar-refractivity contribution is 0.1000. The number of primary amides is 1. The van der Waals surface area contributed by atoms with Crippen LogP contribution in [-0.4, -0.2) is 44.6 Å². The van der Waals surface area contributed by atoms with Gasteiger partial charge in [-0.25, -0.2) is 24.6 Å². The van der Waals surface area contributed by atoms with Crippen LogP contribution in [0.1, 0.15) is 27.9 Å². The van der Waals surface area contributed by atoms with Gasteiger partial charge < -0.3 is 15.9 Å². The van der Waals surface area contributed by atoms with Gasteiger partial charge in [0.15, 0.2) is 17.3 Å². The number of carbonyl (C=O) groups is 1. The van der Waals surface area contributed by atoms with Gasteiger partial charge in [0.2, 0.25) is 5.91 Å². The minimum absolute atomic E-state index is 0.425. The maximum Gasteiger partial charge on any atom is 0.250 e. The van der Waals surface area contributed by atoms with Crippen molar-refractivity contribution in [3.05, 3.63) is 115 Å². The van der Waals surface area contributed by atoms with E-state index in [4.69, 9.17) is 21.4 Å². The molecule has 0 unspecified atom stereocenters. The average molecular weight is 555 g/mol. The van der Waals surface area contributed by atoms with Gasteiger partial charge in [-0.05, 0) is 85.0 Å². The number of imidazole rings is 2. The van der Waals surface area contributed by atoms with Crippen molar-refractivity contribution in [2.45, 2.75) is 19.3 Å². The molecule has 1 amide bonds. The Bertz CT molecular complexity index is 2070. The Hall–Kier alpha value is -5.84. The fourth-order valence-corrected chi connectivity index (χ4v) is 5.27. The molecule has 6 heterocycles. The molecule has 11 heteroatoms. The van der Waals surface area contributed by atoms with Crippen LogP contribution < -0.4 is 11.5 Å². The zero-order chi connectivity index (χ0) is 28.6. The molecule has 0 bridgehead atoms. The normalized spacial score (nSPS) is 12.3. The van der Waals surface area contributed by atoms with E-state index in [1.165, 1.54) is 17.5 Å². The van der Waals surface area contributed by atoms with Crippen LogP contribution in [0.5, 0.6) is 0 Å². The average Bonchev–Trinajstić information content (AvgIpc) is 3.82. The number of hydrogen-bond donors (Lipinski definition) is 2. The number of nitrogen functional groups attached to an aromatic ring is 1. The van der Waals surface area contributed by atoms with Crippen LogP contribution in [0.2, 0.25) is 0 Å². The summed E-state index contributed by atoms with van der Waals surface area (Å²) < 4.78 is 5.58. The lowest BCUT2D eigenvalue weighted by atomic mass is 10.1. The van der Waals surface area contributed by atoms with E-state index < -0.39 is 5.91 Å². The van der Waals surface area contributed by atoms with Crippen LogP contribution in [0, 0.1) is 0 Å². The van der Waals surface area contributed by atoms with E-state index in [2.05, 4.69) is 37.8 Å². The number of fused-ring (bicyclic) bond motifs is 3. The molecular formula is C31H26N10O. The van der Waals surface area contributed by atoms with E-state index in [1.807, 2.05) is 36.5 Å². The Labute approximate surface area is 240 Å². The van der Waals surface area contributed by atoms with Crippen molar-refractivity contribution >= 4 is 28.5 Å². The molecule has 0 fully saturated rings. The summed E-state index contributed by atoms with van der Waals surface area (Å²) in [6, 6.07) is 19.6. The summed E-state index contributed by atoms with van der Waals surface area (Å²) in [6.07, 6.45) is 13.8. The molecule has 0 spiro atoms. The van der Waals surface area contributed by atoms with Crippen molar-refractivity contribution < 1.29 is 4.79 Å². The predicted molar refractivity (Wildman–Crippen MR) is 159 cm³/mol. The Kier molecular flexibility index (Phi) is 6.16. The Balaban J connectivity index is 0.000000201. The summed E-state index contributed by atoms with van der Waals surface area (Å²) in [4.78, 5) is 28.8. The second kappa shape index (κ2) is 10.3. The quantitative estimate of drug-likeness (QED) is 0.332. The van der Waals surface area contributed by atoms with E-state index >= 15 is 0 Å². The minimum atomic E-state index is -0.425. The fourth-order valence-electron chi connectivity index (χ4n) is 5.27.